The molecule has 1 N–H and O–H groups in total. The zero-order chi connectivity index (χ0) is 35.8. The van der Waals surface area contributed by atoms with Gasteiger partial charge in [-0.05, 0) is 68.5 Å². The van der Waals surface area contributed by atoms with E-state index in [1.54, 1.807) is 31.3 Å². The van der Waals surface area contributed by atoms with E-state index in [9.17, 15) is 29.1 Å². The summed E-state index contributed by atoms with van der Waals surface area (Å²) in [5.41, 5.74) is 1.41. The molecular formula is C34H29I2N5O9. The lowest BCUT2D eigenvalue weighted by Gasteiger charge is -2.39. The number of aromatic nitrogens is 5. The summed E-state index contributed by atoms with van der Waals surface area (Å²) in [5.74, 6) is -0.377. The van der Waals surface area contributed by atoms with E-state index < -0.39 is 23.3 Å². The number of Topliss-reactive ketones (excluding diaryl/α,β-unsaturated/α-hetero) is 1. The molecule has 0 saturated heterocycles. The van der Waals surface area contributed by atoms with Crippen LogP contribution in [0.1, 0.15) is 29.6 Å². The van der Waals surface area contributed by atoms with Crippen LogP contribution in [0.2, 0.25) is 0 Å². The standard InChI is InChI=1S/C34H29I2N5O9/c1-38-23-14-26(49-3)25(48-2)13-21(23)37-20(32(38)45)6-7-39-33(46)40-8-5-16-22(41(40)34(39)47)11-17-24(42)12-19(36)31(44)29(17)28(16)15-9-18(35)30(43)27(10-15)50-4/h5,9-10,12-14,22,28,43H,6-8,11H2,1-4H3/t22-,28+/m1/s1. The molecule has 0 unspecified atom stereocenters. The van der Waals surface area contributed by atoms with Gasteiger partial charge in [0.15, 0.2) is 34.6 Å². The number of nitrogens with zero attached hydrogens (tertiary/aromatic N) is 5. The molecule has 2 atom stereocenters. The molecule has 258 valence electrons. The van der Waals surface area contributed by atoms with Gasteiger partial charge in [-0.15, -0.1) is 0 Å². The molecule has 0 spiro atoms. The van der Waals surface area contributed by atoms with E-state index in [-0.39, 0.29) is 69.4 Å². The number of ketones is 2. The van der Waals surface area contributed by atoms with Crippen molar-refractivity contribution in [3.8, 4) is 23.0 Å². The van der Waals surface area contributed by atoms with Gasteiger partial charge in [-0.2, -0.15) is 0 Å². The average molecular weight is 905 g/mol. The second-order valence-electron chi connectivity index (χ2n) is 12.0. The maximum atomic E-state index is 14.1. The number of aromatic hydroxyl groups is 1. The molecule has 0 radical (unpaired) electrons. The fourth-order valence-electron chi connectivity index (χ4n) is 7.09. The number of hydrogen-bond donors (Lipinski definition) is 1. The fraction of sp³-hybridized carbons (Fsp3) is 0.294. The number of hydrogen-bond acceptors (Lipinski definition) is 10. The molecule has 3 aliphatic rings. The minimum Gasteiger partial charge on any atom is -0.504 e. The zero-order valence-corrected chi connectivity index (χ0v) is 31.5. The number of carbonyl (C=O) groups is 2. The van der Waals surface area contributed by atoms with Gasteiger partial charge < -0.3 is 23.9 Å². The second-order valence-corrected chi connectivity index (χ2v) is 14.3. The maximum absolute atomic E-state index is 14.1. The minimum absolute atomic E-state index is 0.0129. The Kier molecular flexibility index (Phi) is 8.64. The van der Waals surface area contributed by atoms with Crippen molar-refractivity contribution in [1.29, 1.82) is 0 Å². The molecule has 0 fully saturated rings. The maximum Gasteiger partial charge on any atom is 0.347 e. The van der Waals surface area contributed by atoms with E-state index in [2.05, 4.69) is 4.98 Å². The molecule has 2 aromatic heterocycles. The van der Waals surface area contributed by atoms with Crippen LogP contribution in [0.25, 0.3) is 11.0 Å². The van der Waals surface area contributed by atoms with Gasteiger partial charge in [-0.3, -0.25) is 14.4 Å². The van der Waals surface area contributed by atoms with Crippen LogP contribution in [-0.4, -0.2) is 61.5 Å². The van der Waals surface area contributed by atoms with Crippen LogP contribution >= 0.6 is 45.2 Å². The van der Waals surface area contributed by atoms with E-state index in [1.807, 2.05) is 51.3 Å². The normalized spacial score (nSPS) is 18.4. The Labute approximate surface area is 310 Å². The summed E-state index contributed by atoms with van der Waals surface area (Å²) in [6, 6.07) is 5.89. The number of fused-ring (bicyclic) bond motifs is 4. The van der Waals surface area contributed by atoms with Crippen molar-refractivity contribution < 1.29 is 28.9 Å². The predicted octanol–water partition coefficient (Wildman–Crippen LogP) is 3.07. The third kappa shape index (κ3) is 5.16. The van der Waals surface area contributed by atoms with Gasteiger partial charge in [-0.25, -0.2) is 28.5 Å². The van der Waals surface area contributed by atoms with Crippen LogP contribution < -0.4 is 31.1 Å². The molecule has 3 heterocycles. The Morgan fingerprint density at radius 2 is 1.64 bits per heavy atom. The Morgan fingerprint density at radius 1 is 0.940 bits per heavy atom. The summed E-state index contributed by atoms with van der Waals surface area (Å²) in [7, 11) is 6.01. The quantitative estimate of drug-likeness (QED) is 0.166. The summed E-state index contributed by atoms with van der Waals surface area (Å²) in [4.78, 5) is 72.9. The number of rotatable bonds is 7. The van der Waals surface area contributed by atoms with E-state index in [4.69, 9.17) is 14.2 Å². The molecule has 0 bridgehead atoms. The molecule has 16 heteroatoms. The first kappa shape index (κ1) is 34.0. The van der Waals surface area contributed by atoms with Gasteiger partial charge in [0.25, 0.3) is 5.56 Å². The van der Waals surface area contributed by atoms with E-state index in [0.29, 0.717) is 42.8 Å². The first-order valence-corrected chi connectivity index (χ1v) is 17.5. The average Bonchev–Trinajstić information content (AvgIpc) is 3.36. The summed E-state index contributed by atoms with van der Waals surface area (Å²) < 4.78 is 22.1. The lowest BCUT2D eigenvalue weighted by Crippen LogP contribution is -2.40. The van der Waals surface area contributed by atoms with Crippen molar-refractivity contribution in [2.45, 2.75) is 37.9 Å². The first-order chi connectivity index (χ1) is 23.9. The second kappa shape index (κ2) is 12.7. The van der Waals surface area contributed by atoms with Crippen LogP contribution in [0.5, 0.6) is 23.0 Å². The van der Waals surface area contributed by atoms with Gasteiger partial charge in [0.05, 0.1) is 52.1 Å². The van der Waals surface area contributed by atoms with Gasteiger partial charge >= 0.3 is 11.4 Å². The monoisotopic (exact) mass is 905 g/mol. The molecule has 0 amide bonds. The highest BCUT2D eigenvalue weighted by atomic mass is 127. The lowest BCUT2D eigenvalue weighted by atomic mass is 9.69. The number of benzene rings is 2. The van der Waals surface area contributed by atoms with Crippen LogP contribution in [0.15, 0.2) is 71.1 Å². The van der Waals surface area contributed by atoms with Crippen molar-refractivity contribution in [3.63, 3.8) is 0 Å². The largest absolute Gasteiger partial charge is 0.504 e. The molecular weight excluding hydrogens is 876 g/mol. The molecule has 2 aromatic carbocycles. The highest BCUT2D eigenvalue weighted by Gasteiger charge is 2.45. The van der Waals surface area contributed by atoms with E-state index >= 15 is 0 Å². The molecule has 7 rings (SSSR count). The third-order valence-electron chi connectivity index (χ3n) is 9.51. The minimum atomic E-state index is -0.763. The predicted molar refractivity (Wildman–Crippen MR) is 198 cm³/mol. The van der Waals surface area contributed by atoms with Crippen LogP contribution in [-0.2, 0) is 36.1 Å². The Balaban J connectivity index is 1.31. The van der Waals surface area contributed by atoms with Crippen LogP contribution in [0.4, 0.5) is 0 Å². The number of methoxy groups -OCH3 is 3. The topological polar surface area (TPSA) is 166 Å². The SMILES string of the molecule is COc1cc2nc(CCn3c(=O)n4n(c3=O)[C@@H]3CC5=C(C(=O)C(I)=CC5=O)[C@@H](c5cc(I)c(O)c(OC)c5)C3=CC4)c(=O)n(C)c2cc1OC. The van der Waals surface area contributed by atoms with Crippen molar-refractivity contribution in [2.24, 2.45) is 7.05 Å². The number of halogens is 2. The van der Waals surface area contributed by atoms with Crippen LogP contribution in [0.3, 0.4) is 0 Å². The molecule has 0 saturated carbocycles. The zero-order valence-electron chi connectivity index (χ0n) is 27.2. The van der Waals surface area contributed by atoms with Gasteiger partial charge in [0.1, 0.15) is 5.69 Å². The number of aryl methyl sites for hydroxylation is 2. The fourth-order valence-corrected chi connectivity index (χ4v) is 8.29. The molecule has 14 nitrogen and oxygen atoms in total. The Hall–Kier alpha value is -4.46. The molecule has 1 aliphatic heterocycles. The number of carbonyl (C=O) groups excluding carboxylic acids is 2. The van der Waals surface area contributed by atoms with Crippen molar-refractivity contribution in [3.05, 3.63) is 103 Å². The van der Waals surface area contributed by atoms with Crippen molar-refractivity contribution >= 4 is 67.8 Å². The summed E-state index contributed by atoms with van der Waals surface area (Å²) >= 11 is 3.83. The van der Waals surface area contributed by atoms with Gasteiger partial charge in [-0.1, -0.05) is 6.08 Å². The molecule has 4 aromatic rings. The molecule has 50 heavy (non-hydrogen) atoms. The van der Waals surface area contributed by atoms with Crippen molar-refractivity contribution in [1.82, 2.24) is 23.5 Å². The van der Waals surface area contributed by atoms with Gasteiger partial charge in [0, 0.05) is 61.7 Å². The Morgan fingerprint density at radius 3 is 2.34 bits per heavy atom. The highest BCUT2D eigenvalue weighted by Crippen LogP contribution is 2.51. The number of ether oxygens (including phenoxy) is 3. The smallest absolute Gasteiger partial charge is 0.347 e. The van der Waals surface area contributed by atoms with Gasteiger partial charge in [0.2, 0.25) is 0 Å². The lowest BCUT2D eigenvalue weighted by molar-refractivity contribution is -0.115. The highest BCUT2D eigenvalue weighted by molar-refractivity contribution is 14.1. The Bertz CT molecular complexity index is 2470. The third-order valence-corrected chi connectivity index (χ3v) is 11.1. The number of allylic oxidation sites excluding steroid dienone is 6. The van der Waals surface area contributed by atoms with Crippen molar-refractivity contribution in [2.75, 3.05) is 21.3 Å². The van der Waals surface area contributed by atoms with E-state index in [1.165, 1.54) is 41.3 Å². The summed E-state index contributed by atoms with van der Waals surface area (Å²) in [6.45, 7) is -0.0954. The first-order valence-electron chi connectivity index (χ1n) is 15.4. The number of phenolic OH excluding ortho intramolecular Hbond substituents is 1. The van der Waals surface area contributed by atoms with Crippen LogP contribution in [0, 0.1) is 3.57 Å². The van der Waals surface area contributed by atoms with E-state index in [0.717, 1.165) is 4.57 Å². The molecule has 2 aliphatic carbocycles. The summed E-state index contributed by atoms with van der Waals surface area (Å²) in [6.07, 6.45) is 3.13. The number of phenols is 1. The summed E-state index contributed by atoms with van der Waals surface area (Å²) in [5, 5.41) is 10.6.